The van der Waals surface area contributed by atoms with Crippen LogP contribution in [0.4, 0.5) is 4.39 Å². The number of benzene rings is 1. The van der Waals surface area contributed by atoms with Crippen LogP contribution in [0, 0.1) is 5.82 Å². The van der Waals surface area contributed by atoms with Gasteiger partial charge >= 0.3 is 0 Å². The van der Waals surface area contributed by atoms with E-state index < -0.39 is 0 Å². The highest BCUT2D eigenvalue weighted by molar-refractivity contribution is 6.33. The third kappa shape index (κ3) is 2.97. The van der Waals surface area contributed by atoms with Gasteiger partial charge in [0.2, 0.25) is 0 Å². The van der Waals surface area contributed by atoms with Crippen molar-refractivity contribution in [2.24, 2.45) is 0 Å². The summed E-state index contributed by atoms with van der Waals surface area (Å²) in [5, 5.41) is 0.521. The standard InChI is InChI=1S/C20H13ClFN3O/c21-18-9-23-5-4-17(18)14-7-19-20(24-8-14)15(12-26)11-25(19)10-13-2-1-3-16(22)6-13/h1-9,11-12H,10H2. The molecular formula is C20H13ClFN3O. The fourth-order valence-electron chi connectivity index (χ4n) is 3.00. The molecule has 0 bridgehead atoms. The minimum atomic E-state index is -0.294. The second-order valence-electron chi connectivity index (χ2n) is 5.91. The summed E-state index contributed by atoms with van der Waals surface area (Å²) in [6.45, 7) is 0.428. The minimum Gasteiger partial charge on any atom is -0.341 e. The first-order chi connectivity index (χ1) is 12.7. The highest BCUT2D eigenvalue weighted by atomic mass is 35.5. The van der Waals surface area contributed by atoms with Gasteiger partial charge in [-0.15, -0.1) is 0 Å². The van der Waals surface area contributed by atoms with Crippen molar-refractivity contribution in [2.45, 2.75) is 6.54 Å². The molecule has 0 atom stereocenters. The SMILES string of the molecule is O=Cc1cn(Cc2cccc(F)c2)c2cc(-c3ccncc3Cl)cnc12. The maximum atomic E-state index is 13.5. The zero-order chi connectivity index (χ0) is 18.1. The van der Waals surface area contributed by atoms with Crippen molar-refractivity contribution in [3.05, 3.63) is 83.2 Å². The number of carbonyl (C=O) groups is 1. The molecule has 4 nitrogen and oxygen atoms in total. The van der Waals surface area contributed by atoms with E-state index in [1.54, 1.807) is 30.9 Å². The molecule has 1 aromatic carbocycles. The Morgan fingerprint density at radius 2 is 2.08 bits per heavy atom. The van der Waals surface area contributed by atoms with Gasteiger partial charge in [-0.2, -0.15) is 0 Å². The Labute approximate surface area is 153 Å². The lowest BCUT2D eigenvalue weighted by molar-refractivity contribution is 0.112. The summed E-state index contributed by atoms with van der Waals surface area (Å²) in [4.78, 5) is 19.8. The molecule has 0 unspecified atom stereocenters. The van der Waals surface area contributed by atoms with Gasteiger partial charge in [-0.1, -0.05) is 23.7 Å². The molecule has 0 amide bonds. The molecule has 0 aliphatic carbocycles. The number of aldehydes is 1. The van der Waals surface area contributed by atoms with Gasteiger partial charge in [0.05, 0.1) is 21.6 Å². The summed E-state index contributed by atoms with van der Waals surface area (Å²) in [5.41, 5.74) is 4.30. The molecule has 4 rings (SSSR count). The van der Waals surface area contributed by atoms with Crippen molar-refractivity contribution in [3.63, 3.8) is 0 Å². The van der Waals surface area contributed by atoms with E-state index in [1.165, 1.54) is 12.1 Å². The average molecular weight is 366 g/mol. The number of carbonyl (C=O) groups excluding carboxylic acids is 1. The number of fused-ring (bicyclic) bond motifs is 1. The van der Waals surface area contributed by atoms with Crippen LogP contribution >= 0.6 is 11.6 Å². The molecule has 0 N–H and O–H groups in total. The van der Waals surface area contributed by atoms with E-state index in [4.69, 9.17) is 11.6 Å². The maximum Gasteiger partial charge on any atom is 0.153 e. The molecule has 128 valence electrons. The van der Waals surface area contributed by atoms with E-state index in [9.17, 15) is 9.18 Å². The Balaban J connectivity index is 1.86. The zero-order valence-corrected chi connectivity index (χ0v) is 14.3. The van der Waals surface area contributed by atoms with Gasteiger partial charge in [0.25, 0.3) is 0 Å². The first-order valence-electron chi connectivity index (χ1n) is 7.94. The average Bonchev–Trinajstić information content (AvgIpc) is 2.99. The third-order valence-electron chi connectivity index (χ3n) is 4.20. The summed E-state index contributed by atoms with van der Waals surface area (Å²) >= 11 is 6.23. The molecule has 0 aliphatic rings. The maximum absolute atomic E-state index is 13.5. The summed E-state index contributed by atoms with van der Waals surface area (Å²) in [5.74, 6) is -0.294. The monoisotopic (exact) mass is 365 g/mol. The van der Waals surface area contributed by atoms with E-state index in [1.807, 2.05) is 22.8 Å². The van der Waals surface area contributed by atoms with E-state index in [0.717, 1.165) is 28.5 Å². The topological polar surface area (TPSA) is 47.8 Å². The number of hydrogen-bond acceptors (Lipinski definition) is 3. The van der Waals surface area contributed by atoms with Crippen LogP contribution in [0.2, 0.25) is 5.02 Å². The Bertz CT molecular complexity index is 1120. The molecule has 6 heteroatoms. The molecule has 0 aliphatic heterocycles. The van der Waals surface area contributed by atoms with Crippen molar-refractivity contribution >= 4 is 28.9 Å². The van der Waals surface area contributed by atoms with E-state index >= 15 is 0 Å². The van der Waals surface area contributed by atoms with Crippen LogP contribution < -0.4 is 0 Å². The summed E-state index contributed by atoms with van der Waals surface area (Å²) in [7, 11) is 0. The lowest BCUT2D eigenvalue weighted by atomic mass is 10.1. The molecule has 0 radical (unpaired) electrons. The second kappa shape index (κ2) is 6.69. The zero-order valence-electron chi connectivity index (χ0n) is 13.6. The van der Waals surface area contributed by atoms with Gasteiger partial charge in [0.15, 0.2) is 6.29 Å². The Morgan fingerprint density at radius 1 is 1.19 bits per heavy atom. The van der Waals surface area contributed by atoms with Crippen molar-refractivity contribution in [1.82, 2.24) is 14.5 Å². The third-order valence-corrected chi connectivity index (χ3v) is 4.50. The van der Waals surface area contributed by atoms with E-state index in [2.05, 4.69) is 9.97 Å². The first-order valence-corrected chi connectivity index (χ1v) is 8.32. The van der Waals surface area contributed by atoms with Crippen LogP contribution in [-0.2, 0) is 6.54 Å². The minimum absolute atomic E-state index is 0.294. The molecule has 3 aromatic heterocycles. The van der Waals surface area contributed by atoms with Gasteiger partial charge < -0.3 is 4.57 Å². The number of hydrogen-bond donors (Lipinski definition) is 0. The van der Waals surface area contributed by atoms with Crippen molar-refractivity contribution in [1.29, 1.82) is 0 Å². The van der Waals surface area contributed by atoms with Crippen LogP contribution in [-0.4, -0.2) is 20.8 Å². The Hall–Kier alpha value is -3.05. The van der Waals surface area contributed by atoms with Crippen LogP contribution in [0.5, 0.6) is 0 Å². The molecule has 3 heterocycles. The normalized spacial score (nSPS) is 11.0. The second-order valence-corrected chi connectivity index (χ2v) is 6.31. The van der Waals surface area contributed by atoms with Crippen molar-refractivity contribution in [2.75, 3.05) is 0 Å². The van der Waals surface area contributed by atoms with Crippen LogP contribution in [0.25, 0.3) is 22.2 Å². The number of pyridine rings is 2. The number of nitrogens with zero attached hydrogens (tertiary/aromatic N) is 3. The van der Waals surface area contributed by atoms with Crippen LogP contribution in [0.15, 0.2) is 61.2 Å². The molecular weight excluding hydrogens is 353 g/mol. The first kappa shape index (κ1) is 16.4. The van der Waals surface area contributed by atoms with Crippen molar-refractivity contribution in [3.8, 4) is 11.1 Å². The van der Waals surface area contributed by atoms with E-state index in [-0.39, 0.29) is 5.82 Å². The van der Waals surface area contributed by atoms with Gasteiger partial charge in [0.1, 0.15) is 5.82 Å². The van der Waals surface area contributed by atoms with Gasteiger partial charge in [-0.05, 0) is 29.8 Å². The number of halogens is 2. The van der Waals surface area contributed by atoms with Crippen LogP contribution in [0.3, 0.4) is 0 Å². The molecule has 26 heavy (non-hydrogen) atoms. The molecule has 0 saturated carbocycles. The van der Waals surface area contributed by atoms with Gasteiger partial charge in [-0.3, -0.25) is 14.8 Å². The Kier molecular flexibility index (Phi) is 4.22. The summed E-state index contributed by atoms with van der Waals surface area (Å²) in [6.07, 6.45) is 7.42. The molecule has 4 aromatic rings. The summed E-state index contributed by atoms with van der Waals surface area (Å²) in [6, 6.07) is 10.1. The lowest BCUT2D eigenvalue weighted by Crippen LogP contribution is -1.98. The Morgan fingerprint density at radius 3 is 2.85 bits per heavy atom. The highest BCUT2D eigenvalue weighted by Gasteiger charge is 2.13. The largest absolute Gasteiger partial charge is 0.341 e. The van der Waals surface area contributed by atoms with Gasteiger partial charge in [-0.25, -0.2) is 4.39 Å². The fraction of sp³-hybridized carbons (Fsp3) is 0.0500. The predicted octanol–water partition coefficient (Wildman–Crippen LogP) is 4.75. The summed E-state index contributed by atoms with van der Waals surface area (Å²) < 4.78 is 15.4. The molecule has 0 fully saturated rings. The smallest absolute Gasteiger partial charge is 0.153 e. The van der Waals surface area contributed by atoms with Gasteiger partial charge in [0, 0.05) is 42.5 Å². The number of aromatic nitrogens is 3. The lowest BCUT2D eigenvalue weighted by Gasteiger charge is -2.08. The highest BCUT2D eigenvalue weighted by Crippen LogP contribution is 2.30. The van der Waals surface area contributed by atoms with Crippen molar-refractivity contribution < 1.29 is 9.18 Å². The molecule has 0 saturated heterocycles. The quantitative estimate of drug-likeness (QED) is 0.490. The fourth-order valence-corrected chi connectivity index (χ4v) is 3.23. The predicted molar refractivity (Wildman–Crippen MR) is 98.9 cm³/mol. The molecule has 0 spiro atoms. The van der Waals surface area contributed by atoms with E-state index in [0.29, 0.717) is 22.6 Å². The van der Waals surface area contributed by atoms with Crippen LogP contribution in [0.1, 0.15) is 15.9 Å². The number of rotatable bonds is 4.